The average Bonchev–Trinajstić information content (AvgIpc) is 3.17. The summed E-state index contributed by atoms with van der Waals surface area (Å²) in [5.74, 6) is -1.04. The van der Waals surface area contributed by atoms with Gasteiger partial charge in [-0.05, 0) is 43.8 Å². The highest BCUT2D eigenvalue weighted by Crippen LogP contribution is 2.31. The fourth-order valence-electron chi connectivity index (χ4n) is 3.25. The van der Waals surface area contributed by atoms with Crippen molar-refractivity contribution in [2.75, 3.05) is 36.8 Å². The van der Waals surface area contributed by atoms with E-state index in [4.69, 9.17) is 0 Å². The molecule has 1 aromatic heterocycles. The van der Waals surface area contributed by atoms with Crippen LogP contribution in [0.3, 0.4) is 0 Å². The van der Waals surface area contributed by atoms with E-state index >= 15 is 0 Å². The van der Waals surface area contributed by atoms with Crippen LogP contribution in [0.4, 0.5) is 5.13 Å². The lowest BCUT2D eigenvalue weighted by molar-refractivity contribution is -0.116. The van der Waals surface area contributed by atoms with Gasteiger partial charge in [-0.1, -0.05) is 55.5 Å². The van der Waals surface area contributed by atoms with Crippen LogP contribution < -0.4 is 4.90 Å². The van der Waals surface area contributed by atoms with Crippen molar-refractivity contribution in [2.24, 2.45) is 0 Å². The minimum Gasteiger partial charge on any atom is -0.302 e. The number of fused-ring (bicyclic) bond motifs is 1. The molecule has 0 aliphatic rings. The third-order valence-corrected chi connectivity index (χ3v) is 7.75. The molecule has 0 saturated heterocycles. The molecule has 0 aliphatic carbocycles. The molecular weight excluding hydrogens is 454 g/mol. The van der Waals surface area contributed by atoms with Crippen molar-refractivity contribution in [1.29, 1.82) is 0 Å². The second-order valence-electron chi connectivity index (χ2n) is 7.06. The van der Waals surface area contributed by atoms with Crippen LogP contribution >= 0.6 is 23.7 Å². The van der Waals surface area contributed by atoms with E-state index in [2.05, 4.69) is 23.7 Å². The molecule has 3 aromatic rings. The number of aryl methyl sites for hydroxylation is 1. The predicted octanol–water partition coefficient (Wildman–Crippen LogP) is 4.18. The number of thiazole rings is 1. The number of carbonyl (C=O) groups excluding carboxylic acids is 1. The van der Waals surface area contributed by atoms with E-state index in [0.29, 0.717) is 18.2 Å². The SMILES string of the molecule is CCN(CC)CCN(C(=O)CS(=O)(=O)c1ccccc1)c1nc2c(C)cccc2s1.Cl. The molecule has 0 fully saturated rings. The fraction of sp³-hybridized carbons (Fsp3) is 0.364. The number of anilines is 1. The Morgan fingerprint density at radius 2 is 1.68 bits per heavy atom. The number of sulfone groups is 1. The van der Waals surface area contributed by atoms with Crippen molar-refractivity contribution in [3.63, 3.8) is 0 Å². The van der Waals surface area contributed by atoms with E-state index < -0.39 is 21.5 Å². The van der Waals surface area contributed by atoms with Gasteiger partial charge >= 0.3 is 0 Å². The summed E-state index contributed by atoms with van der Waals surface area (Å²) in [5, 5.41) is 0.541. The molecule has 0 radical (unpaired) electrons. The number of hydrogen-bond acceptors (Lipinski definition) is 6. The lowest BCUT2D eigenvalue weighted by atomic mass is 10.2. The van der Waals surface area contributed by atoms with Crippen molar-refractivity contribution >= 4 is 54.8 Å². The molecule has 0 atom stereocenters. The average molecular weight is 482 g/mol. The minimum atomic E-state index is -3.73. The van der Waals surface area contributed by atoms with Crippen molar-refractivity contribution in [3.8, 4) is 0 Å². The Bertz CT molecular complexity index is 1110. The maximum Gasteiger partial charge on any atom is 0.244 e. The van der Waals surface area contributed by atoms with Crippen molar-refractivity contribution in [2.45, 2.75) is 25.7 Å². The second-order valence-corrected chi connectivity index (χ2v) is 10.1. The molecule has 0 bridgehead atoms. The Morgan fingerprint density at radius 1 is 1.00 bits per heavy atom. The Hall–Kier alpha value is -2.00. The topological polar surface area (TPSA) is 70.6 Å². The fourth-order valence-corrected chi connectivity index (χ4v) is 5.56. The molecule has 0 spiro atoms. The zero-order valence-corrected chi connectivity index (χ0v) is 20.4. The molecule has 168 valence electrons. The molecule has 0 saturated carbocycles. The lowest BCUT2D eigenvalue weighted by Gasteiger charge is -2.24. The first-order valence-corrected chi connectivity index (χ1v) is 12.5. The summed E-state index contributed by atoms with van der Waals surface area (Å²) < 4.78 is 26.5. The summed E-state index contributed by atoms with van der Waals surface area (Å²) in [6.07, 6.45) is 0. The van der Waals surface area contributed by atoms with E-state index in [0.717, 1.165) is 28.9 Å². The van der Waals surface area contributed by atoms with Crippen molar-refractivity contribution in [1.82, 2.24) is 9.88 Å². The number of para-hydroxylation sites is 1. The van der Waals surface area contributed by atoms with Gasteiger partial charge in [0.2, 0.25) is 5.91 Å². The van der Waals surface area contributed by atoms with Crippen LogP contribution in [0.1, 0.15) is 19.4 Å². The molecule has 31 heavy (non-hydrogen) atoms. The first kappa shape index (κ1) is 25.3. The van der Waals surface area contributed by atoms with Crippen LogP contribution in [0.25, 0.3) is 10.2 Å². The molecular formula is C22H28ClN3O3S2. The van der Waals surface area contributed by atoms with Crippen LogP contribution in [0.2, 0.25) is 0 Å². The van der Waals surface area contributed by atoms with Gasteiger partial charge in [0.05, 0.1) is 15.1 Å². The van der Waals surface area contributed by atoms with E-state index in [1.54, 1.807) is 18.2 Å². The van der Waals surface area contributed by atoms with Crippen LogP contribution in [0.15, 0.2) is 53.4 Å². The highest BCUT2D eigenvalue weighted by Gasteiger charge is 2.27. The van der Waals surface area contributed by atoms with Gasteiger partial charge in [-0.2, -0.15) is 0 Å². The van der Waals surface area contributed by atoms with Crippen molar-refractivity contribution in [3.05, 3.63) is 54.1 Å². The van der Waals surface area contributed by atoms with Gasteiger partial charge < -0.3 is 4.90 Å². The second kappa shape index (κ2) is 11.0. The number of rotatable bonds is 9. The molecule has 0 aliphatic heterocycles. The summed E-state index contributed by atoms with van der Waals surface area (Å²) in [7, 11) is -3.73. The molecule has 6 nitrogen and oxygen atoms in total. The number of amides is 1. The van der Waals surface area contributed by atoms with E-state index in [-0.39, 0.29) is 17.3 Å². The summed E-state index contributed by atoms with van der Waals surface area (Å²) in [6.45, 7) is 8.88. The first-order chi connectivity index (χ1) is 14.4. The first-order valence-electron chi connectivity index (χ1n) is 10.0. The molecule has 0 N–H and O–H groups in total. The lowest BCUT2D eigenvalue weighted by Crippen LogP contribution is -2.41. The third kappa shape index (κ3) is 6.04. The maximum atomic E-state index is 13.2. The third-order valence-electron chi connectivity index (χ3n) is 5.09. The summed E-state index contributed by atoms with van der Waals surface area (Å²) >= 11 is 1.42. The molecule has 3 rings (SSSR count). The monoisotopic (exact) mass is 481 g/mol. The summed E-state index contributed by atoms with van der Waals surface area (Å²) in [4.78, 5) is 21.7. The minimum absolute atomic E-state index is 0. The maximum absolute atomic E-state index is 13.2. The van der Waals surface area contributed by atoms with Gasteiger partial charge in [-0.3, -0.25) is 9.69 Å². The van der Waals surface area contributed by atoms with Gasteiger partial charge in [0.15, 0.2) is 15.0 Å². The Balaban J connectivity index is 0.00000341. The standard InChI is InChI=1S/C22H27N3O3S2.ClH/c1-4-24(5-2)14-15-25(22-23-21-17(3)10-9-13-19(21)29-22)20(26)16-30(27,28)18-11-7-6-8-12-18;/h6-13H,4-5,14-16H2,1-3H3;1H. The highest BCUT2D eigenvalue weighted by atomic mass is 35.5. The molecule has 1 heterocycles. The quantitative estimate of drug-likeness (QED) is 0.458. The van der Waals surface area contributed by atoms with E-state index in [9.17, 15) is 13.2 Å². The van der Waals surface area contributed by atoms with Gasteiger partial charge in [0, 0.05) is 13.1 Å². The summed E-state index contributed by atoms with van der Waals surface area (Å²) in [5.41, 5.74) is 1.88. The Morgan fingerprint density at radius 3 is 2.29 bits per heavy atom. The normalized spacial score (nSPS) is 11.5. The van der Waals surface area contributed by atoms with Crippen LogP contribution in [0.5, 0.6) is 0 Å². The summed E-state index contributed by atoms with van der Waals surface area (Å²) in [6, 6.07) is 14.0. The molecule has 2 aromatic carbocycles. The molecule has 0 unspecified atom stereocenters. The predicted molar refractivity (Wildman–Crippen MR) is 130 cm³/mol. The van der Waals surface area contributed by atoms with Gasteiger partial charge in [0.1, 0.15) is 5.75 Å². The zero-order valence-electron chi connectivity index (χ0n) is 17.9. The van der Waals surface area contributed by atoms with Gasteiger partial charge in [-0.15, -0.1) is 12.4 Å². The van der Waals surface area contributed by atoms with Gasteiger partial charge in [0.25, 0.3) is 0 Å². The zero-order chi connectivity index (χ0) is 21.7. The number of benzene rings is 2. The number of likely N-dealkylation sites (N-methyl/N-ethyl adjacent to an activating group) is 1. The number of hydrogen-bond donors (Lipinski definition) is 0. The highest BCUT2D eigenvalue weighted by molar-refractivity contribution is 7.92. The van der Waals surface area contributed by atoms with E-state index in [1.165, 1.54) is 28.4 Å². The number of carbonyl (C=O) groups is 1. The van der Waals surface area contributed by atoms with E-state index in [1.807, 2.05) is 25.1 Å². The molecule has 9 heteroatoms. The van der Waals surface area contributed by atoms with Crippen molar-refractivity contribution < 1.29 is 13.2 Å². The molecule has 1 amide bonds. The smallest absolute Gasteiger partial charge is 0.244 e. The van der Waals surface area contributed by atoms with Crippen LogP contribution in [0, 0.1) is 6.92 Å². The van der Waals surface area contributed by atoms with Crippen LogP contribution in [-0.2, 0) is 14.6 Å². The number of aromatic nitrogens is 1. The van der Waals surface area contributed by atoms with Crippen LogP contribution in [-0.4, -0.2) is 56.1 Å². The Labute approximate surface area is 194 Å². The Kier molecular flexibility index (Phi) is 9.00. The van der Waals surface area contributed by atoms with Gasteiger partial charge in [-0.25, -0.2) is 13.4 Å². The number of nitrogens with zero attached hydrogens (tertiary/aromatic N) is 3. The largest absolute Gasteiger partial charge is 0.302 e. The number of halogens is 1.